The minimum absolute atomic E-state index is 0.418. The molecule has 0 aliphatic carbocycles. The summed E-state index contributed by atoms with van der Waals surface area (Å²) in [7, 11) is 1.63. The van der Waals surface area contributed by atoms with E-state index in [4.69, 9.17) is 4.74 Å². The highest BCUT2D eigenvalue weighted by Crippen LogP contribution is 2.27. The monoisotopic (exact) mass is 212 g/mol. The third kappa shape index (κ3) is 2.93. The predicted octanol–water partition coefficient (Wildman–Crippen LogP) is 2.48. The van der Waals surface area contributed by atoms with Crippen LogP contribution in [0.1, 0.15) is 18.1 Å². The summed E-state index contributed by atoms with van der Waals surface area (Å²) < 4.78 is 5.18. The van der Waals surface area contributed by atoms with Crippen molar-refractivity contribution in [3.8, 4) is 5.75 Å². The van der Waals surface area contributed by atoms with Crippen molar-refractivity contribution < 1.29 is 9.84 Å². The topological polar surface area (TPSA) is 29.5 Å². The molecule has 3 heteroatoms. The fraction of sp³-hybridized carbons (Fsp3) is 0.455. The molecule has 0 aliphatic heterocycles. The van der Waals surface area contributed by atoms with Gasteiger partial charge in [0, 0.05) is 5.56 Å². The van der Waals surface area contributed by atoms with Gasteiger partial charge in [0.05, 0.1) is 13.2 Å². The van der Waals surface area contributed by atoms with Gasteiger partial charge in [0.25, 0.3) is 0 Å². The fourth-order valence-corrected chi connectivity index (χ4v) is 1.79. The Labute approximate surface area is 89.3 Å². The Morgan fingerprint density at radius 2 is 2.14 bits per heavy atom. The van der Waals surface area contributed by atoms with E-state index in [-0.39, 0.29) is 0 Å². The summed E-state index contributed by atoms with van der Waals surface area (Å²) >= 11 is 1.74. The van der Waals surface area contributed by atoms with Crippen LogP contribution in [0.15, 0.2) is 24.3 Å². The first-order valence-corrected chi connectivity index (χ1v) is 5.99. The fourth-order valence-electron chi connectivity index (χ4n) is 1.33. The molecule has 0 saturated heterocycles. The molecule has 1 aromatic rings. The van der Waals surface area contributed by atoms with Crippen molar-refractivity contribution in [1.29, 1.82) is 0 Å². The summed E-state index contributed by atoms with van der Waals surface area (Å²) in [5, 5.41) is 9.87. The molecule has 1 unspecified atom stereocenters. The smallest absolute Gasteiger partial charge is 0.124 e. The summed E-state index contributed by atoms with van der Waals surface area (Å²) in [6, 6.07) is 7.60. The van der Waals surface area contributed by atoms with Crippen LogP contribution in [-0.4, -0.2) is 24.2 Å². The molecule has 0 spiro atoms. The Balaban J connectivity index is 2.72. The van der Waals surface area contributed by atoms with Gasteiger partial charge >= 0.3 is 0 Å². The van der Waals surface area contributed by atoms with Crippen molar-refractivity contribution in [3.05, 3.63) is 29.8 Å². The van der Waals surface area contributed by atoms with Crippen molar-refractivity contribution >= 4 is 11.8 Å². The maximum Gasteiger partial charge on any atom is 0.124 e. The number of benzene rings is 1. The number of methoxy groups -OCH3 is 1. The molecular weight excluding hydrogens is 196 g/mol. The van der Waals surface area contributed by atoms with Crippen molar-refractivity contribution in [1.82, 2.24) is 0 Å². The van der Waals surface area contributed by atoms with E-state index in [1.807, 2.05) is 30.5 Å². The minimum atomic E-state index is -0.418. The van der Waals surface area contributed by atoms with E-state index >= 15 is 0 Å². The lowest BCUT2D eigenvalue weighted by Crippen LogP contribution is -2.01. The van der Waals surface area contributed by atoms with Crippen LogP contribution in [0.2, 0.25) is 0 Å². The van der Waals surface area contributed by atoms with E-state index < -0.39 is 6.10 Å². The van der Waals surface area contributed by atoms with Gasteiger partial charge in [-0.1, -0.05) is 18.2 Å². The van der Waals surface area contributed by atoms with E-state index in [1.54, 1.807) is 18.9 Å². The van der Waals surface area contributed by atoms with Gasteiger partial charge < -0.3 is 9.84 Å². The standard InChI is InChI=1S/C11H16O2S/c1-13-11-6-4-3-5-9(11)10(12)7-8-14-2/h3-6,10,12H,7-8H2,1-2H3. The van der Waals surface area contributed by atoms with E-state index in [0.717, 1.165) is 23.5 Å². The normalized spacial score (nSPS) is 12.5. The van der Waals surface area contributed by atoms with Crippen LogP contribution in [0.4, 0.5) is 0 Å². The predicted molar refractivity (Wildman–Crippen MR) is 61.0 cm³/mol. The number of aliphatic hydroxyl groups excluding tert-OH is 1. The first kappa shape index (κ1) is 11.4. The summed E-state index contributed by atoms with van der Waals surface area (Å²) in [5.74, 6) is 1.72. The Morgan fingerprint density at radius 3 is 2.79 bits per heavy atom. The Kier molecular flexibility index (Phi) is 4.84. The molecule has 1 N–H and O–H groups in total. The number of para-hydroxylation sites is 1. The van der Waals surface area contributed by atoms with E-state index in [1.165, 1.54) is 0 Å². The van der Waals surface area contributed by atoms with Gasteiger partial charge in [-0.25, -0.2) is 0 Å². The highest BCUT2D eigenvalue weighted by molar-refractivity contribution is 7.98. The molecule has 0 amide bonds. The van der Waals surface area contributed by atoms with Crippen molar-refractivity contribution in [2.24, 2.45) is 0 Å². The van der Waals surface area contributed by atoms with Crippen LogP contribution in [0.25, 0.3) is 0 Å². The van der Waals surface area contributed by atoms with Gasteiger partial charge in [0.1, 0.15) is 5.75 Å². The van der Waals surface area contributed by atoms with E-state index in [2.05, 4.69) is 0 Å². The Morgan fingerprint density at radius 1 is 1.43 bits per heavy atom. The third-order valence-electron chi connectivity index (χ3n) is 2.09. The van der Waals surface area contributed by atoms with Gasteiger partial charge in [-0.15, -0.1) is 0 Å². The maximum absolute atomic E-state index is 9.87. The van der Waals surface area contributed by atoms with Crippen LogP contribution in [0.5, 0.6) is 5.75 Å². The lowest BCUT2D eigenvalue weighted by atomic mass is 10.1. The largest absolute Gasteiger partial charge is 0.496 e. The zero-order chi connectivity index (χ0) is 10.4. The lowest BCUT2D eigenvalue weighted by Gasteiger charge is -2.13. The zero-order valence-electron chi connectivity index (χ0n) is 8.56. The maximum atomic E-state index is 9.87. The third-order valence-corrected chi connectivity index (χ3v) is 2.74. The van der Waals surface area contributed by atoms with Gasteiger partial charge in [0.15, 0.2) is 0 Å². The van der Waals surface area contributed by atoms with Crippen LogP contribution in [0.3, 0.4) is 0 Å². The number of hydrogen-bond donors (Lipinski definition) is 1. The molecule has 0 aromatic heterocycles. The molecule has 1 aromatic carbocycles. The highest BCUT2D eigenvalue weighted by Gasteiger charge is 2.11. The van der Waals surface area contributed by atoms with Gasteiger partial charge in [-0.05, 0) is 24.5 Å². The molecule has 78 valence electrons. The van der Waals surface area contributed by atoms with Gasteiger partial charge in [0.2, 0.25) is 0 Å². The van der Waals surface area contributed by atoms with Crippen molar-refractivity contribution in [2.75, 3.05) is 19.1 Å². The van der Waals surface area contributed by atoms with Gasteiger partial charge in [-0.2, -0.15) is 11.8 Å². The molecule has 0 bridgehead atoms. The second-order valence-electron chi connectivity index (χ2n) is 3.04. The molecule has 1 rings (SSSR count). The highest BCUT2D eigenvalue weighted by atomic mass is 32.2. The van der Waals surface area contributed by atoms with Crippen LogP contribution < -0.4 is 4.74 Å². The van der Waals surface area contributed by atoms with Gasteiger partial charge in [-0.3, -0.25) is 0 Å². The average molecular weight is 212 g/mol. The molecular formula is C11H16O2S. The SMILES string of the molecule is COc1ccccc1C(O)CCSC. The summed E-state index contributed by atoms with van der Waals surface area (Å²) in [6.07, 6.45) is 2.38. The van der Waals surface area contributed by atoms with E-state index in [9.17, 15) is 5.11 Å². The Bertz CT molecular complexity index is 276. The molecule has 0 saturated carbocycles. The summed E-state index contributed by atoms with van der Waals surface area (Å²) in [5.41, 5.74) is 0.879. The average Bonchev–Trinajstić information content (AvgIpc) is 2.25. The first-order chi connectivity index (χ1) is 6.79. The molecule has 1 atom stereocenters. The van der Waals surface area contributed by atoms with Crippen molar-refractivity contribution in [3.63, 3.8) is 0 Å². The zero-order valence-corrected chi connectivity index (χ0v) is 9.38. The van der Waals surface area contributed by atoms with Crippen molar-refractivity contribution in [2.45, 2.75) is 12.5 Å². The number of rotatable bonds is 5. The molecule has 0 heterocycles. The second-order valence-corrected chi connectivity index (χ2v) is 4.02. The number of hydrogen-bond acceptors (Lipinski definition) is 3. The second kappa shape index (κ2) is 5.94. The van der Waals surface area contributed by atoms with Crippen LogP contribution in [0, 0.1) is 0 Å². The van der Waals surface area contributed by atoms with Crippen LogP contribution >= 0.6 is 11.8 Å². The molecule has 14 heavy (non-hydrogen) atoms. The molecule has 0 aliphatic rings. The number of thioether (sulfide) groups is 1. The van der Waals surface area contributed by atoms with Crippen LogP contribution in [-0.2, 0) is 0 Å². The molecule has 0 fully saturated rings. The quantitative estimate of drug-likeness (QED) is 0.813. The minimum Gasteiger partial charge on any atom is -0.496 e. The lowest BCUT2D eigenvalue weighted by molar-refractivity contribution is 0.170. The number of ether oxygens (including phenoxy) is 1. The summed E-state index contributed by atoms with van der Waals surface area (Å²) in [4.78, 5) is 0. The number of aliphatic hydroxyl groups is 1. The molecule has 0 radical (unpaired) electrons. The summed E-state index contributed by atoms with van der Waals surface area (Å²) in [6.45, 7) is 0. The first-order valence-electron chi connectivity index (χ1n) is 4.59. The van der Waals surface area contributed by atoms with E-state index in [0.29, 0.717) is 0 Å². The molecule has 2 nitrogen and oxygen atoms in total. The Hall–Kier alpha value is -0.670.